The molecule has 156 valence electrons. The van der Waals surface area contributed by atoms with Crippen LogP contribution in [0, 0.1) is 0 Å². The number of nitrogens with zero attached hydrogens (tertiary/aromatic N) is 2. The summed E-state index contributed by atoms with van der Waals surface area (Å²) in [6.45, 7) is 0.383. The second-order valence-corrected chi connectivity index (χ2v) is 7.03. The maximum absolute atomic E-state index is 12.0. The van der Waals surface area contributed by atoms with E-state index in [0.717, 1.165) is 6.42 Å². The number of ether oxygens (including phenoxy) is 1. The van der Waals surface area contributed by atoms with Gasteiger partial charge in [-0.1, -0.05) is 53.5 Å². The van der Waals surface area contributed by atoms with Crippen molar-refractivity contribution in [1.82, 2.24) is 15.4 Å². The van der Waals surface area contributed by atoms with E-state index in [9.17, 15) is 4.79 Å². The van der Waals surface area contributed by atoms with E-state index in [4.69, 9.17) is 33.7 Å². The van der Waals surface area contributed by atoms with Crippen molar-refractivity contribution in [1.29, 1.82) is 0 Å². The number of carbonyl (C=O) groups is 1. The van der Waals surface area contributed by atoms with E-state index >= 15 is 0 Å². The van der Waals surface area contributed by atoms with E-state index in [2.05, 4.69) is 26.1 Å². The third-order valence-corrected chi connectivity index (χ3v) is 4.54. The van der Waals surface area contributed by atoms with Gasteiger partial charge in [-0.2, -0.15) is 0 Å². The van der Waals surface area contributed by atoms with Crippen molar-refractivity contribution < 1.29 is 9.53 Å². The average molecular weight is 447 g/mol. The number of carbonyl (C=O) groups excluding carboxylic acids is 1. The van der Waals surface area contributed by atoms with Crippen LogP contribution in [0.15, 0.2) is 54.9 Å². The van der Waals surface area contributed by atoms with Crippen LogP contribution in [0.3, 0.4) is 0 Å². The van der Waals surface area contributed by atoms with E-state index < -0.39 is 5.91 Å². The first-order valence-electron chi connectivity index (χ1n) is 9.04. The molecule has 1 amide bonds. The molecule has 0 fully saturated rings. The maximum Gasteiger partial charge on any atom is 0.276 e. The average Bonchev–Trinajstić information content (AvgIpc) is 2.74. The van der Waals surface area contributed by atoms with Gasteiger partial charge in [0.05, 0.1) is 5.02 Å². The van der Waals surface area contributed by atoms with E-state index in [0.29, 0.717) is 28.2 Å². The number of nitrogens with two attached hydrogens (primary N) is 1. The first-order valence-corrected chi connectivity index (χ1v) is 9.79. The molecule has 0 aliphatic rings. The molecule has 3 aromatic rings. The molecule has 0 atom stereocenters. The Kier molecular flexibility index (Phi) is 7.53. The summed E-state index contributed by atoms with van der Waals surface area (Å²) in [5, 5.41) is 3.96. The minimum Gasteiger partial charge on any atom is -0.482 e. The lowest BCUT2D eigenvalue weighted by molar-refractivity contribution is -0.122. The Hall–Kier alpha value is -3.23. The summed E-state index contributed by atoms with van der Waals surface area (Å²) >= 11 is 11.8. The number of hydrazine groups is 1. The van der Waals surface area contributed by atoms with Gasteiger partial charge < -0.3 is 15.8 Å². The largest absolute Gasteiger partial charge is 0.482 e. The predicted molar refractivity (Wildman–Crippen MR) is 119 cm³/mol. The van der Waals surface area contributed by atoms with Crippen LogP contribution in [0.1, 0.15) is 5.56 Å². The molecule has 10 heteroatoms. The molecule has 0 aliphatic carbocycles. The Morgan fingerprint density at radius 1 is 1.07 bits per heavy atom. The van der Waals surface area contributed by atoms with Gasteiger partial charge in [0, 0.05) is 11.6 Å². The van der Waals surface area contributed by atoms with Crippen LogP contribution in [-0.4, -0.2) is 29.0 Å². The molecule has 1 heterocycles. The summed E-state index contributed by atoms with van der Waals surface area (Å²) in [4.78, 5) is 20.2. The van der Waals surface area contributed by atoms with Gasteiger partial charge in [-0.3, -0.25) is 15.6 Å². The lowest BCUT2D eigenvalue weighted by Crippen LogP contribution is -2.34. The highest BCUT2D eigenvalue weighted by molar-refractivity contribution is 6.35. The molecule has 0 saturated heterocycles. The number of rotatable bonds is 9. The summed E-state index contributed by atoms with van der Waals surface area (Å²) in [5.74, 6) is 0.646. The molecule has 0 bridgehead atoms. The van der Waals surface area contributed by atoms with Crippen molar-refractivity contribution in [2.75, 3.05) is 29.6 Å². The fraction of sp³-hybridized carbons (Fsp3) is 0.150. The zero-order valence-corrected chi connectivity index (χ0v) is 17.4. The standard InChI is InChI=1S/C20H20Cl2N6O2/c21-14-6-7-16(15(22)10-14)30-11-17(29)27-28-20-18(23)19(25-12-26-20)24-9-8-13-4-2-1-3-5-13/h1-7,10,12H,8-9,11,23H2,(H,27,29)(H2,24,25,26,28). The van der Waals surface area contributed by atoms with E-state index in [1.165, 1.54) is 18.0 Å². The third-order valence-electron chi connectivity index (χ3n) is 4.01. The zero-order valence-electron chi connectivity index (χ0n) is 15.9. The van der Waals surface area contributed by atoms with Gasteiger partial charge in [-0.25, -0.2) is 9.97 Å². The minimum atomic E-state index is -0.447. The summed E-state index contributed by atoms with van der Waals surface area (Å²) in [5.41, 5.74) is 12.7. The highest BCUT2D eigenvalue weighted by Gasteiger charge is 2.10. The lowest BCUT2D eigenvalue weighted by Gasteiger charge is -2.13. The number of amides is 1. The Morgan fingerprint density at radius 2 is 1.83 bits per heavy atom. The number of anilines is 3. The molecule has 0 aliphatic heterocycles. The van der Waals surface area contributed by atoms with Crippen molar-refractivity contribution >= 4 is 46.4 Å². The fourth-order valence-corrected chi connectivity index (χ4v) is 2.97. The van der Waals surface area contributed by atoms with Crippen LogP contribution in [0.5, 0.6) is 5.75 Å². The molecule has 0 spiro atoms. The van der Waals surface area contributed by atoms with Gasteiger partial charge >= 0.3 is 0 Å². The fourth-order valence-electron chi connectivity index (χ4n) is 2.51. The molecule has 0 saturated carbocycles. The smallest absolute Gasteiger partial charge is 0.276 e. The molecule has 3 rings (SSSR count). The molecule has 0 radical (unpaired) electrons. The highest BCUT2D eigenvalue weighted by atomic mass is 35.5. The predicted octanol–water partition coefficient (Wildman–Crippen LogP) is 3.54. The van der Waals surface area contributed by atoms with Crippen molar-refractivity contribution in [3.63, 3.8) is 0 Å². The van der Waals surface area contributed by atoms with Gasteiger partial charge in [0.2, 0.25) is 0 Å². The van der Waals surface area contributed by atoms with Crippen molar-refractivity contribution in [3.8, 4) is 5.75 Å². The normalized spacial score (nSPS) is 10.3. The van der Waals surface area contributed by atoms with Gasteiger partial charge in [-0.05, 0) is 30.2 Å². The second-order valence-electron chi connectivity index (χ2n) is 6.18. The van der Waals surface area contributed by atoms with Crippen LogP contribution in [0.25, 0.3) is 0 Å². The summed E-state index contributed by atoms with van der Waals surface area (Å²) in [7, 11) is 0. The van der Waals surface area contributed by atoms with Gasteiger partial charge in [0.25, 0.3) is 5.91 Å². The Balaban J connectivity index is 1.48. The molecule has 30 heavy (non-hydrogen) atoms. The molecule has 2 aromatic carbocycles. The molecule has 1 aromatic heterocycles. The SMILES string of the molecule is Nc1c(NCCc2ccccc2)ncnc1NNC(=O)COc1ccc(Cl)cc1Cl. The quantitative estimate of drug-likeness (QED) is 0.371. The van der Waals surface area contributed by atoms with Crippen LogP contribution in [0.2, 0.25) is 10.0 Å². The number of hydrogen-bond acceptors (Lipinski definition) is 7. The van der Waals surface area contributed by atoms with Gasteiger partial charge in [-0.15, -0.1) is 0 Å². The third kappa shape index (κ3) is 6.13. The topological polar surface area (TPSA) is 114 Å². The van der Waals surface area contributed by atoms with E-state index in [-0.39, 0.29) is 18.1 Å². The van der Waals surface area contributed by atoms with Crippen LogP contribution < -0.4 is 26.6 Å². The van der Waals surface area contributed by atoms with Gasteiger partial charge in [0.1, 0.15) is 17.8 Å². The number of halogens is 2. The van der Waals surface area contributed by atoms with Crippen LogP contribution >= 0.6 is 23.2 Å². The monoisotopic (exact) mass is 446 g/mol. The Morgan fingerprint density at radius 3 is 2.60 bits per heavy atom. The van der Waals surface area contributed by atoms with Crippen LogP contribution in [0.4, 0.5) is 17.3 Å². The van der Waals surface area contributed by atoms with Crippen molar-refractivity contribution in [2.45, 2.75) is 6.42 Å². The number of benzene rings is 2. The molecular weight excluding hydrogens is 427 g/mol. The summed E-state index contributed by atoms with van der Waals surface area (Å²) in [6, 6.07) is 14.8. The minimum absolute atomic E-state index is 0.262. The number of hydrogen-bond donors (Lipinski definition) is 4. The number of nitrogen functional groups attached to an aromatic ring is 1. The van der Waals surface area contributed by atoms with Crippen molar-refractivity contribution in [2.24, 2.45) is 0 Å². The first kappa shape index (κ1) is 21.5. The first-order chi connectivity index (χ1) is 14.5. The maximum atomic E-state index is 12.0. The molecular formula is C20H20Cl2N6O2. The Bertz CT molecular complexity index is 1000. The number of aromatic nitrogens is 2. The number of nitrogens with one attached hydrogen (secondary N) is 3. The zero-order chi connectivity index (χ0) is 21.3. The second kappa shape index (κ2) is 10.5. The summed E-state index contributed by atoms with van der Waals surface area (Å²) in [6.07, 6.45) is 2.16. The van der Waals surface area contributed by atoms with Crippen LogP contribution in [-0.2, 0) is 11.2 Å². The summed E-state index contributed by atoms with van der Waals surface area (Å²) < 4.78 is 5.37. The lowest BCUT2D eigenvalue weighted by atomic mass is 10.1. The highest BCUT2D eigenvalue weighted by Crippen LogP contribution is 2.27. The molecule has 8 nitrogen and oxygen atoms in total. The van der Waals surface area contributed by atoms with Gasteiger partial charge in [0.15, 0.2) is 18.2 Å². The van der Waals surface area contributed by atoms with E-state index in [1.807, 2.05) is 30.3 Å². The van der Waals surface area contributed by atoms with Crippen molar-refractivity contribution in [3.05, 3.63) is 70.5 Å². The van der Waals surface area contributed by atoms with E-state index in [1.54, 1.807) is 12.1 Å². The Labute approximate surface area is 183 Å². The molecule has 5 N–H and O–H groups in total. The molecule has 0 unspecified atom stereocenters.